The lowest BCUT2D eigenvalue weighted by atomic mass is 10.2. The monoisotopic (exact) mass is 322 g/mol. The summed E-state index contributed by atoms with van der Waals surface area (Å²) in [6.45, 7) is 3.59. The number of carbonyl (C=O) groups is 1. The molecule has 0 bridgehead atoms. The van der Waals surface area contributed by atoms with Crippen molar-refractivity contribution in [1.82, 2.24) is 14.9 Å². The van der Waals surface area contributed by atoms with E-state index in [-0.39, 0.29) is 5.91 Å². The number of amides is 1. The second-order valence-corrected chi connectivity index (χ2v) is 5.68. The second-order valence-electron chi connectivity index (χ2n) is 5.68. The Hall–Kier alpha value is -2.98. The molecule has 7 heteroatoms. The van der Waals surface area contributed by atoms with E-state index in [1.54, 1.807) is 36.5 Å². The molecule has 1 fully saturated rings. The maximum atomic E-state index is 12.4. The summed E-state index contributed by atoms with van der Waals surface area (Å²) in [6.07, 6.45) is 1.61. The molecule has 2 heterocycles. The molecule has 0 unspecified atom stereocenters. The molecule has 0 spiro atoms. The van der Waals surface area contributed by atoms with Gasteiger partial charge in [0, 0.05) is 38.1 Å². The van der Waals surface area contributed by atoms with Gasteiger partial charge in [-0.15, -0.1) is 0 Å². The predicted molar refractivity (Wildman–Crippen MR) is 90.9 cm³/mol. The molecule has 3 rings (SSSR count). The van der Waals surface area contributed by atoms with Crippen LogP contribution in [0.25, 0.3) is 0 Å². The Balaban J connectivity index is 1.70. The van der Waals surface area contributed by atoms with Crippen LogP contribution in [0.15, 0.2) is 36.5 Å². The van der Waals surface area contributed by atoms with Crippen LogP contribution in [0.1, 0.15) is 16.1 Å². The summed E-state index contributed by atoms with van der Waals surface area (Å²) in [5.41, 5.74) is 1.49. The maximum Gasteiger partial charge on any atom is 0.274 e. The number of likely N-dealkylation sites (N-methyl/N-ethyl adjacent to an activating group) is 1. The minimum absolute atomic E-state index is 0.294. The first-order chi connectivity index (χ1) is 11.7. The van der Waals surface area contributed by atoms with Crippen molar-refractivity contribution in [3.8, 4) is 6.07 Å². The largest absolute Gasteiger partial charge is 0.338 e. The molecule has 1 aromatic carbocycles. The Morgan fingerprint density at radius 3 is 2.54 bits per heavy atom. The Labute approximate surface area is 140 Å². The fourth-order valence-corrected chi connectivity index (χ4v) is 2.46. The van der Waals surface area contributed by atoms with E-state index in [0.29, 0.717) is 22.9 Å². The summed E-state index contributed by atoms with van der Waals surface area (Å²) in [6, 6.07) is 10.3. The Morgan fingerprint density at radius 1 is 1.17 bits per heavy atom. The molecule has 1 aliphatic heterocycles. The Bertz CT molecular complexity index is 759. The van der Waals surface area contributed by atoms with Gasteiger partial charge in [0.1, 0.15) is 5.69 Å². The number of piperazine rings is 1. The van der Waals surface area contributed by atoms with Crippen LogP contribution in [0.3, 0.4) is 0 Å². The molecule has 122 valence electrons. The molecule has 1 saturated heterocycles. The van der Waals surface area contributed by atoms with Gasteiger partial charge in [0.05, 0.1) is 11.6 Å². The predicted octanol–water partition coefficient (Wildman–Crippen LogP) is 1.35. The minimum Gasteiger partial charge on any atom is -0.338 e. The van der Waals surface area contributed by atoms with Crippen molar-refractivity contribution in [2.45, 2.75) is 0 Å². The highest BCUT2D eigenvalue weighted by Gasteiger charge is 2.18. The fraction of sp³-hybridized carbons (Fsp3) is 0.294. The van der Waals surface area contributed by atoms with Crippen LogP contribution in [-0.4, -0.2) is 54.0 Å². The zero-order valence-electron chi connectivity index (χ0n) is 13.4. The van der Waals surface area contributed by atoms with Crippen molar-refractivity contribution in [2.75, 3.05) is 43.4 Å². The highest BCUT2D eigenvalue weighted by atomic mass is 16.1. The molecule has 0 radical (unpaired) electrons. The average molecular weight is 322 g/mol. The van der Waals surface area contributed by atoms with Crippen molar-refractivity contribution in [2.24, 2.45) is 0 Å². The Morgan fingerprint density at radius 2 is 1.88 bits per heavy atom. The number of aromatic nitrogens is 2. The lowest BCUT2D eigenvalue weighted by Gasteiger charge is -2.32. The van der Waals surface area contributed by atoms with Gasteiger partial charge in [0.15, 0.2) is 0 Å². The van der Waals surface area contributed by atoms with Crippen LogP contribution >= 0.6 is 0 Å². The summed E-state index contributed by atoms with van der Waals surface area (Å²) < 4.78 is 0. The molecule has 7 nitrogen and oxygen atoms in total. The van der Waals surface area contributed by atoms with Crippen molar-refractivity contribution in [3.63, 3.8) is 0 Å². The number of nitrogens with one attached hydrogen (secondary N) is 1. The quantitative estimate of drug-likeness (QED) is 0.918. The van der Waals surface area contributed by atoms with Gasteiger partial charge < -0.3 is 15.1 Å². The molecule has 0 saturated carbocycles. The fourth-order valence-electron chi connectivity index (χ4n) is 2.46. The lowest BCUT2D eigenvalue weighted by Crippen LogP contribution is -2.45. The smallest absolute Gasteiger partial charge is 0.274 e. The molecular weight excluding hydrogens is 304 g/mol. The third-order valence-corrected chi connectivity index (χ3v) is 3.93. The van der Waals surface area contributed by atoms with Gasteiger partial charge in [-0.3, -0.25) is 4.79 Å². The van der Waals surface area contributed by atoms with E-state index < -0.39 is 0 Å². The van der Waals surface area contributed by atoms with Gasteiger partial charge in [0.25, 0.3) is 5.91 Å². The number of nitriles is 1. The zero-order valence-corrected chi connectivity index (χ0v) is 13.4. The van der Waals surface area contributed by atoms with Crippen LogP contribution in [0.4, 0.5) is 11.6 Å². The van der Waals surface area contributed by atoms with E-state index in [2.05, 4.69) is 32.1 Å². The van der Waals surface area contributed by atoms with Crippen LogP contribution in [0.2, 0.25) is 0 Å². The SMILES string of the molecule is CN1CCN(c2nccc(C(=O)Nc3ccc(C#N)cc3)n2)CC1. The first-order valence-electron chi connectivity index (χ1n) is 7.74. The van der Waals surface area contributed by atoms with E-state index in [1.807, 2.05) is 6.07 Å². The molecule has 1 aromatic heterocycles. The standard InChI is InChI=1S/C17H18N6O/c1-22-8-10-23(11-9-22)17-19-7-6-15(21-17)16(24)20-14-4-2-13(12-18)3-5-14/h2-7H,8-11H2,1H3,(H,20,24). The summed E-state index contributed by atoms with van der Waals surface area (Å²) in [5, 5.41) is 11.6. The van der Waals surface area contributed by atoms with Gasteiger partial charge >= 0.3 is 0 Å². The molecule has 1 N–H and O–H groups in total. The highest BCUT2D eigenvalue weighted by molar-refractivity contribution is 6.02. The zero-order chi connectivity index (χ0) is 16.9. The highest BCUT2D eigenvalue weighted by Crippen LogP contribution is 2.13. The normalized spacial score (nSPS) is 14.9. The lowest BCUT2D eigenvalue weighted by molar-refractivity contribution is 0.102. The molecule has 24 heavy (non-hydrogen) atoms. The third kappa shape index (κ3) is 3.67. The number of hydrogen-bond acceptors (Lipinski definition) is 6. The number of nitrogens with zero attached hydrogens (tertiary/aromatic N) is 5. The number of rotatable bonds is 3. The molecule has 2 aromatic rings. The molecule has 0 atom stereocenters. The van der Waals surface area contributed by atoms with Crippen LogP contribution < -0.4 is 10.2 Å². The number of benzene rings is 1. The molecular formula is C17H18N6O. The van der Waals surface area contributed by atoms with Gasteiger partial charge in [-0.05, 0) is 37.4 Å². The maximum absolute atomic E-state index is 12.4. The van der Waals surface area contributed by atoms with Crippen LogP contribution in [-0.2, 0) is 0 Å². The average Bonchev–Trinajstić information content (AvgIpc) is 2.63. The number of anilines is 2. The topological polar surface area (TPSA) is 85.1 Å². The summed E-state index contributed by atoms with van der Waals surface area (Å²) >= 11 is 0. The van der Waals surface area contributed by atoms with E-state index >= 15 is 0 Å². The number of hydrogen-bond donors (Lipinski definition) is 1. The van der Waals surface area contributed by atoms with Gasteiger partial charge in [0.2, 0.25) is 5.95 Å². The van der Waals surface area contributed by atoms with E-state index in [9.17, 15) is 4.79 Å². The first kappa shape index (κ1) is 15.9. The summed E-state index contributed by atoms with van der Waals surface area (Å²) in [4.78, 5) is 25.4. The molecule has 0 aliphatic carbocycles. The van der Waals surface area contributed by atoms with Gasteiger partial charge in [-0.1, -0.05) is 0 Å². The second kappa shape index (κ2) is 7.06. The van der Waals surface area contributed by atoms with Crippen molar-refractivity contribution in [3.05, 3.63) is 47.8 Å². The van der Waals surface area contributed by atoms with Crippen molar-refractivity contribution < 1.29 is 4.79 Å². The van der Waals surface area contributed by atoms with Crippen LogP contribution in [0, 0.1) is 11.3 Å². The van der Waals surface area contributed by atoms with Crippen molar-refractivity contribution in [1.29, 1.82) is 5.26 Å². The third-order valence-electron chi connectivity index (χ3n) is 3.93. The molecule has 1 aliphatic rings. The summed E-state index contributed by atoms with van der Waals surface area (Å²) in [7, 11) is 2.08. The van der Waals surface area contributed by atoms with E-state index in [4.69, 9.17) is 5.26 Å². The first-order valence-corrected chi connectivity index (χ1v) is 7.74. The summed E-state index contributed by atoms with van der Waals surface area (Å²) in [5.74, 6) is 0.285. The van der Waals surface area contributed by atoms with E-state index in [0.717, 1.165) is 26.2 Å². The van der Waals surface area contributed by atoms with Crippen molar-refractivity contribution >= 4 is 17.5 Å². The van der Waals surface area contributed by atoms with Gasteiger partial charge in [-0.2, -0.15) is 5.26 Å². The van der Waals surface area contributed by atoms with Crippen LogP contribution in [0.5, 0.6) is 0 Å². The number of carbonyl (C=O) groups excluding carboxylic acids is 1. The Kier molecular flexibility index (Phi) is 4.68. The van der Waals surface area contributed by atoms with E-state index in [1.165, 1.54) is 0 Å². The minimum atomic E-state index is -0.294. The van der Waals surface area contributed by atoms with Gasteiger partial charge in [-0.25, -0.2) is 9.97 Å². The molecule has 1 amide bonds.